The summed E-state index contributed by atoms with van der Waals surface area (Å²) in [4.78, 5) is 28.5. The quantitative estimate of drug-likeness (QED) is 0.797. The van der Waals surface area contributed by atoms with Gasteiger partial charge in [0.1, 0.15) is 5.76 Å². The zero-order valence-corrected chi connectivity index (χ0v) is 13.6. The molecule has 0 bridgehead atoms. The van der Waals surface area contributed by atoms with E-state index in [2.05, 4.69) is 0 Å². The van der Waals surface area contributed by atoms with Gasteiger partial charge in [0.05, 0.1) is 25.3 Å². The lowest BCUT2D eigenvalue weighted by Gasteiger charge is -2.26. The van der Waals surface area contributed by atoms with Gasteiger partial charge in [-0.05, 0) is 25.5 Å². The SMILES string of the molecule is CCN(CC1CCOC1)C(=O)C1CC(=O)N(Cc2ccco2)C1. The first-order chi connectivity index (χ1) is 11.2. The molecule has 3 rings (SSSR count). The van der Waals surface area contributed by atoms with Gasteiger partial charge in [0, 0.05) is 38.6 Å². The molecule has 2 saturated heterocycles. The lowest BCUT2D eigenvalue weighted by Crippen LogP contribution is -2.40. The third-order valence-electron chi connectivity index (χ3n) is 4.69. The fraction of sp³-hybridized carbons (Fsp3) is 0.647. The van der Waals surface area contributed by atoms with Gasteiger partial charge < -0.3 is 19.0 Å². The van der Waals surface area contributed by atoms with Crippen molar-refractivity contribution in [2.24, 2.45) is 11.8 Å². The molecule has 6 nitrogen and oxygen atoms in total. The highest BCUT2D eigenvalue weighted by Gasteiger charge is 2.37. The van der Waals surface area contributed by atoms with Crippen LogP contribution in [0.5, 0.6) is 0 Å². The molecule has 0 aromatic carbocycles. The summed E-state index contributed by atoms with van der Waals surface area (Å²) in [5, 5.41) is 0. The Bertz CT molecular complexity index is 537. The van der Waals surface area contributed by atoms with Crippen LogP contribution >= 0.6 is 0 Å². The second kappa shape index (κ2) is 7.17. The molecule has 0 saturated carbocycles. The third kappa shape index (κ3) is 3.75. The summed E-state index contributed by atoms with van der Waals surface area (Å²) in [6.45, 7) is 5.85. The van der Waals surface area contributed by atoms with Crippen LogP contribution in [-0.4, -0.2) is 54.5 Å². The Morgan fingerprint density at radius 3 is 3.00 bits per heavy atom. The monoisotopic (exact) mass is 320 g/mol. The third-order valence-corrected chi connectivity index (χ3v) is 4.69. The largest absolute Gasteiger partial charge is 0.467 e. The molecule has 2 fully saturated rings. The van der Waals surface area contributed by atoms with E-state index in [0.717, 1.165) is 31.9 Å². The highest BCUT2D eigenvalue weighted by molar-refractivity contribution is 5.89. The van der Waals surface area contributed by atoms with Gasteiger partial charge in [0.2, 0.25) is 11.8 Å². The van der Waals surface area contributed by atoms with Gasteiger partial charge in [-0.15, -0.1) is 0 Å². The molecule has 126 valence electrons. The van der Waals surface area contributed by atoms with Crippen LogP contribution < -0.4 is 0 Å². The number of hydrogen-bond donors (Lipinski definition) is 0. The molecule has 0 N–H and O–H groups in total. The fourth-order valence-electron chi connectivity index (χ4n) is 3.35. The van der Waals surface area contributed by atoms with E-state index in [4.69, 9.17) is 9.15 Å². The Morgan fingerprint density at radius 1 is 1.48 bits per heavy atom. The number of nitrogens with zero attached hydrogens (tertiary/aromatic N) is 2. The number of carbonyl (C=O) groups excluding carboxylic acids is 2. The van der Waals surface area contributed by atoms with Gasteiger partial charge >= 0.3 is 0 Å². The van der Waals surface area contributed by atoms with Crippen molar-refractivity contribution < 1.29 is 18.7 Å². The lowest BCUT2D eigenvalue weighted by atomic mass is 10.0. The van der Waals surface area contributed by atoms with Crippen molar-refractivity contribution in [3.8, 4) is 0 Å². The van der Waals surface area contributed by atoms with E-state index in [1.807, 2.05) is 17.9 Å². The zero-order chi connectivity index (χ0) is 16.2. The molecule has 1 aromatic heterocycles. The summed E-state index contributed by atoms with van der Waals surface area (Å²) in [5.74, 6) is 1.06. The number of amides is 2. The Morgan fingerprint density at radius 2 is 2.35 bits per heavy atom. The average molecular weight is 320 g/mol. The molecule has 2 unspecified atom stereocenters. The Kier molecular flexibility index (Phi) is 5.00. The topological polar surface area (TPSA) is 63.0 Å². The van der Waals surface area contributed by atoms with E-state index in [0.29, 0.717) is 32.0 Å². The van der Waals surface area contributed by atoms with Crippen molar-refractivity contribution >= 4 is 11.8 Å². The van der Waals surface area contributed by atoms with Crippen molar-refractivity contribution in [1.82, 2.24) is 9.80 Å². The minimum Gasteiger partial charge on any atom is -0.467 e. The van der Waals surface area contributed by atoms with Crippen molar-refractivity contribution in [2.75, 3.05) is 32.8 Å². The van der Waals surface area contributed by atoms with Gasteiger partial charge in [-0.3, -0.25) is 9.59 Å². The highest BCUT2D eigenvalue weighted by Crippen LogP contribution is 2.23. The molecule has 0 radical (unpaired) electrons. The van der Waals surface area contributed by atoms with E-state index >= 15 is 0 Å². The maximum Gasteiger partial charge on any atom is 0.227 e. The predicted molar refractivity (Wildman–Crippen MR) is 83.4 cm³/mol. The Labute approximate surface area is 136 Å². The number of ether oxygens (including phenoxy) is 1. The van der Waals surface area contributed by atoms with Gasteiger partial charge in [0.25, 0.3) is 0 Å². The number of carbonyl (C=O) groups is 2. The smallest absolute Gasteiger partial charge is 0.227 e. The number of rotatable bonds is 6. The summed E-state index contributed by atoms with van der Waals surface area (Å²) in [5.41, 5.74) is 0. The van der Waals surface area contributed by atoms with Crippen LogP contribution in [0.4, 0.5) is 0 Å². The van der Waals surface area contributed by atoms with Crippen molar-refractivity contribution in [1.29, 1.82) is 0 Å². The van der Waals surface area contributed by atoms with Crippen LogP contribution in [0.15, 0.2) is 22.8 Å². The van der Waals surface area contributed by atoms with Crippen molar-refractivity contribution in [3.63, 3.8) is 0 Å². The van der Waals surface area contributed by atoms with Gasteiger partial charge in [0.15, 0.2) is 0 Å². The van der Waals surface area contributed by atoms with Crippen LogP contribution in [0.25, 0.3) is 0 Å². The molecule has 0 spiro atoms. The van der Waals surface area contributed by atoms with Crippen molar-refractivity contribution in [3.05, 3.63) is 24.2 Å². The lowest BCUT2D eigenvalue weighted by molar-refractivity contribution is -0.136. The predicted octanol–water partition coefficient (Wildman–Crippen LogP) is 1.51. The Balaban J connectivity index is 1.57. The molecule has 2 amide bonds. The van der Waals surface area contributed by atoms with Gasteiger partial charge in [-0.1, -0.05) is 0 Å². The number of likely N-dealkylation sites (tertiary alicyclic amines) is 1. The molecule has 23 heavy (non-hydrogen) atoms. The average Bonchev–Trinajstić information content (AvgIpc) is 3.28. The first-order valence-electron chi connectivity index (χ1n) is 8.34. The summed E-state index contributed by atoms with van der Waals surface area (Å²) < 4.78 is 10.7. The van der Waals surface area contributed by atoms with Crippen LogP contribution in [0.2, 0.25) is 0 Å². The maximum absolute atomic E-state index is 12.7. The first kappa shape index (κ1) is 16.1. The normalized spacial score (nSPS) is 24.4. The van der Waals surface area contributed by atoms with Crippen LogP contribution in [0.3, 0.4) is 0 Å². The zero-order valence-electron chi connectivity index (χ0n) is 13.6. The highest BCUT2D eigenvalue weighted by atomic mass is 16.5. The van der Waals surface area contributed by atoms with Crippen LogP contribution in [0, 0.1) is 11.8 Å². The summed E-state index contributed by atoms with van der Waals surface area (Å²) >= 11 is 0. The summed E-state index contributed by atoms with van der Waals surface area (Å²) in [6.07, 6.45) is 2.91. The van der Waals surface area contributed by atoms with Gasteiger partial charge in [-0.2, -0.15) is 0 Å². The molecule has 3 heterocycles. The second-order valence-electron chi connectivity index (χ2n) is 6.36. The summed E-state index contributed by atoms with van der Waals surface area (Å²) in [7, 11) is 0. The van der Waals surface area contributed by atoms with Gasteiger partial charge in [-0.25, -0.2) is 0 Å². The molecular weight excluding hydrogens is 296 g/mol. The van der Waals surface area contributed by atoms with E-state index in [-0.39, 0.29) is 17.7 Å². The van der Waals surface area contributed by atoms with E-state index in [9.17, 15) is 9.59 Å². The molecule has 2 aliphatic heterocycles. The molecular formula is C17H24N2O4. The maximum atomic E-state index is 12.7. The van der Waals surface area contributed by atoms with E-state index < -0.39 is 0 Å². The number of hydrogen-bond acceptors (Lipinski definition) is 4. The second-order valence-corrected chi connectivity index (χ2v) is 6.36. The first-order valence-corrected chi connectivity index (χ1v) is 8.34. The summed E-state index contributed by atoms with van der Waals surface area (Å²) in [6, 6.07) is 3.65. The number of furan rings is 1. The Hall–Kier alpha value is -1.82. The molecule has 2 atom stereocenters. The minimum absolute atomic E-state index is 0.0278. The van der Waals surface area contributed by atoms with Crippen LogP contribution in [-0.2, 0) is 20.9 Å². The minimum atomic E-state index is -0.236. The molecule has 1 aromatic rings. The molecule has 2 aliphatic rings. The van der Waals surface area contributed by atoms with Crippen LogP contribution in [0.1, 0.15) is 25.5 Å². The van der Waals surface area contributed by atoms with E-state index in [1.54, 1.807) is 17.2 Å². The standard InChI is InChI=1S/C17H24N2O4/c1-2-18(9-13-5-7-22-12-13)17(21)14-8-16(20)19(10-14)11-15-4-3-6-23-15/h3-4,6,13-14H,2,5,7-12H2,1H3. The fourth-order valence-corrected chi connectivity index (χ4v) is 3.35. The molecule has 0 aliphatic carbocycles. The van der Waals surface area contributed by atoms with Crippen molar-refractivity contribution in [2.45, 2.75) is 26.3 Å². The van der Waals surface area contributed by atoms with E-state index in [1.165, 1.54) is 0 Å². The molecule has 6 heteroatoms.